The minimum Gasteiger partial charge on any atom is -0.463 e. The molecule has 5 atom stereocenters. The van der Waals surface area contributed by atoms with Crippen molar-refractivity contribution in [2.24, 2.45) is 0 Å². The third-order valence-corrected chi connectivity index (χ3v) is 18.0. The van der Waals surface area contributed by atoms with E-state index in [4.69, 9.17) is 32.3 Å². The molecule has 16 nitrogen and oxygen atoms in total. The zero-order chi connectivity index (χ0) is 69.5. The van der Waals surface area contributed by atoms with Crippen molar-refractivity contribution in [2.75, 3.05) is 39.6 Å². The Hall–Kier alpha value is -3.27. The summed E-state index contributed by atoms with van der Waals surface area (Å²) in [5, 5.41) is 20.6. The van der Waals surface area contributed by atoms with Gasteiger partial charge in [-0.05, 0) is 122 Å². The Morgan fingerprint density at radius 1 is 0.295 bits per heavy atom. The lowest BCUT2D eigenvalue weighted by atomic mass is 10.0. The first kappa shape index (κ1) is 91.7. The minimum absolute atomic E-state index is 0.0934. The SMILES string of the molecule is CCCCC/C=C\C/C=C\C/C=C\C/C=C\CCCCCCCCCCCCCCCC(=O)OCC(O)COP(=O)(O)OCC(O)COP(=O)(O)OCC(COC(=O)CCCCCCC/C=C\C/C=C\CCCCC)OC(=O)CCCCCCC/C=C\CCCCCCCC. The van der Waals surface area contributed by atoms with Crippen molar-refractivity contribution in [3.63, 3.8) is 0 Å². The van der Waals surface area contributed by atoms with Crippen LogP contribution in [0.2, 0.25) is 0 Å². The number of aliphatic hydroxyl groups excluding tert-OH is 2. The van der Waals surface area contributed by atoms with Gasteiger partial charge in [-0.25, -0.2) is 9.13 Å². The largest absolute Gasteiger partial charge is 0.472 e. The van der Waals surface area contributed by atoms with E-state index in [1.54, 1.807) is 0 Å². The number of allylic oxidation sites excluding steroid dienone is 14. The van der Waals surface area contributed by atoms with E-state index in [2.05, 4.69) is 106 Å². The van der Waals surface area contributed by atoms with Gasteiger partial charge in [-0.3, -0.25) is 32.5 Å². The fourth-order valence-corrected chi connectivity index (χ4v) is 11.8. The maximum absolute atomic E-state index is 12.9. The Balaban J connectivity index is 4.47. The number of phosphoric acid groups is 2. The highest BCUT2D eigenvalue weighted by Crippen LogP contribution is 2.45. The van der Waals surface area contributed by atoms with Gasteiger partial charge in [-0.15, -0.1) is 0 Å². The van der Waals surface area contributed by atoms with Crippen LogP contribution in [0.1, 0.15) is 329 Å². The quantitative estimate of drug-likeness (QED) is 0.0146. The fraction of sp³-hybridized carbons (Fsp3) is 0.779. The number of carbonyl (C=O) groups excluding carboxylic acids is 3. The van der Waals surface area contributed by atoms with Crippen molar-refractivity contribution < 1.29 is 75.8 Å². The van der Waals surface area contributed by atoms with Gasteiger partial charge in [0.25, 0.3) is 0 Å². The third kappa shape index (κ3) is 71.8. The van der Waals surface area contributed by atoms with Crippen molar-refractivity contribution in [3.05, 3.63) is 85.1 Å². The number of phosphoric ester groups is 2. The van der Waals surface area contributed by atoms with Crippen LogP contribution in [0.5, 0.6) is 0 Å². The second-order valence-electron chi connectivity index (χ2n) is 25.4. The second kappa shape index (κ2) is 70.6. The number of rotatable bonds is 72. The Bertz CT molecular complexity index is 2070. The summed E-state index contributed by atoms with van der Waals surface area (Å²) in [7, 11) is -9.78. The lowest BCUT2D eigenvalue weighted by Gasteiger charge is -2.21. The van der Waals surface area contributed by atoms with Gasteiger partial charge >= 0.3 is 33.6 Å². The summed E-state index contributed by atoms with van der Waals surface area (Å²) < 4.78 is 61.0. The van der Waals surface area contributed by atoms with Gasteiger partial charge in [0.15, 0.2) is 6.10 Å². The van der Waals surface area contributed by atoms with E-state index in [9.17, 15) is 43.5 Å². The summed E-state index contributed by atoms with van der Waals surface area (Å²) in [6, 6.07) is 0. The van der Waals surface area contributed by atoms with E-state index in [1.165, 1.54) is 141 Å². The molecule has 0 saturated heterocycles. The summed E-state index contributed by atoms with van der Waals surface area (Å²) in [4.78, 5) is 58.5. The number of hydrogen-bond donors (Lipinski definition) is 4. The van der Waals surface area contributed by atoms with Crippen LogP contribution in [0.4, 0.5) is 0 Å². The molecule has 552 valence electrons. The van der Waals surface area contributed by atoms with E-state index in [0.29, 0.717) is 19.3 Å². The van der Waals surface area contributed by atoms with E-state index in [1.807, 2.05) is 0 Å². The zero-order valence-corrected chi connectivity index (χ0v) is 61.9. The molecule has 0 heterocycles. The molecule has 0 saturated carbocycles. The van der Waals surface area contributed by atoms with Crippen molar-refractivity contribution in [2.45, 2.75) is 347 Å². The molecule has 0 spiro atoms. The predicted octanol–water partition coefficient (Wildman–Crippen LogP) is 21.7. The molecule has 0 rings (SSSR count). The molecule has 0 aromatic rings. The molecule has 0 aliphatic heterocycles. The van der Waals surface area contributed by atoms with E-state index >= 15 is 0 Å². The molecule has 0 radical (unpaired) electrons. The van der Waals surface area contributed by atoms with Gasteiger partial charge in [0, 0.05) is 19.3 Å². The van der Waals surface area contributed by atoms with Gasteiger partial charge in [-0.1, -0.05) is 273 Å². The normalized spacial score (nSPS) is 14.6. The van der Waals surface area contributed by atoms with Gasteiger partial charge in [0.05, 0.1) is 26.4 Å². The van der Waals surface area contributed by atoms with Crippen molar-refractivity contribution in [1.29, 1.82) is 0 Å². The summed E-state index contributed by atoms with van der Waals surface area (Å²) >= 11 is 0. The highest BCUT2D eigenvalue weighted by Gasteiger charge is 2.29. The average Bonchev–Trinajstić information content (AvgIpc) is 1.83. The Labute approximate surface area is 578 Å². The maximum atomic E-state index is 12.9. The van der Waals surface area contributed by atoms with Crippen LogP contribution < -0.4 is 0 Å². The predicted molar refractivity (Wildman–Crippen MR) is 390 cm³/mol. The summed E-state index contributed by atoms with van der Waals surface area (Å²) in [5.74, 6) is -1.59. The molecule has 0 bridgehead atoms. The van der Waals surface area contributed by atoms with Crippen LogP contribution in [0, 0.1) is 0 Å². The molecule has 0 aliphatic carbocycles. The van der Waals surface area contributed by atoms with Crippen molar-refractivity contribution in [3.8, 4) is 0 Å². The van der Waals surface area contributed by atoms with Crippen molar-refractivity contribution >= 4 is 33.6 Å². The molecule has 0 fully saturated rings. The average molecular weight is 1380 g/mol. The zero-order valence-electron chi connectivity index (χ0n) is 60.1. The standard InChI is InChI=1S/C77H138O16P2/c1-4-7-10-13-16-19-22-25-28-29-30-31-32-33-34-35-36-37-38-39-40-41-44-46-48-51-54-57-60-63-75(80)87-66-72(78)67-89-94(83,84)90-68-73(79)69-91-95(85,86)92-71-74(93-77(82)65-62-59-56-53-50-47-43-27-24-21-18-15-12-9-6-3)70-88-76(81)64-61-58-55-52-49-45-42-26-23-20-17-14-11-8-5-2/h16-17,19-20,25-28,30-31,33-34,42-43,72-74,78-79H,4-15,18,21-24,29,32,35-41,44-71H2,1-3H3,(H,83,84)(H,85,86)/b19-16-,20-17-,28-25-,31-30-,34-33-,42-26-,43-27-. The smallest absolute Gasteiger partial charge is 0.463 e. The van der Waals surface area contributed by atoms with Gasteiger partial charge in [-0.2, -0.15) is 0 Å². The van der Waals surface area contributed by atoms with Crippen LogP contribution in [-0.4, -0.2) is 95.9 Å². The molecular formula is C77H138O16P2. The third-order valence-electron chi connectivity index (χ3n) is 16.1. The van der Waals surface area contributed by atoms with Gasteiger partial charge < -0.3 is 34.2 Å². The van der Waals surface area contributed by atoms with E-state index in [-0.39, 0.29) is 19.3 Å². The minimum atomic E-state index is -4.93. The van der Waals surface area contributed by atoms with Gasteiger partial charge in [0.1, 0.15) is 25.4 Å². The van der Waals surface area contributed by atoms with Crippen LogP contribution in [0.3, 0.4) is 0 Å². The van der Waals surface area contributed by atoms with Crippen LogP contribution in [0.25, 0.3) is 0 Å². The number of ether oxygens (including phenoxy) is 3. The Morgan fingerprint density at radius 2 is 0.526 bits per heavy atom. The Morgan fingerprint density at radius 3 is 0.863 bits per heavy atom. The lowest BCUT2D eigenvalue weighted by Crippen LogP contribution is -2.30. The molecule has 0 aromatic carbocycles. The molecule has 0 aliphatic rings. The Kier molecular flexibility index (Phi) is 68.2. The summed E-state index contributed by atoms with van der Waals surface area (Å²) in [6.45, 7) is 2.62. The molecular weight excluding hydrogens is 1240 g/mol. The molecule has 4 N–H and O–H groups in total. The van der Waals surface area contributed by atoms with Gasteiger partial charge in [0.2, 0.25) is 0 Å². The first-order chi connectivity index (χ1) is 46.2. The van der Waals surface area contributed by atoms with Crippen LogP contribution >= 0.6 is 15.6 Å². The second-order valence-corrected chi connectivity index (χ2v) is 28.4. The first-order valence-electron chi connectivity index (χ1n) is 37.9. The summed E-state index contributed by atoms with van der Waals surface area (Å²) in [6.07, 6.45) is 77.8. The first-order valence-corrected chi connectivity index (χ1v) is 40.9. The lowest BCUT2D eigenvalue weighted by molar-refractivity contribution is -0.161. The highest BCUT2D eigenvalue weighted by atomic mass is 31.2. The molecule has 95 heavy (non-hydrogen) atoms. The number of unbranched alkanes of at least 4 members (excludes halogenated alkanes) is 35. The molecule has 0 aromatic heterocycles. The van der Waals surface area contributed by atoms with E-state index < -0.39 is 91.5 Å². The highest BCUT2D eigenvalue weighted by molar-refractivity contribution is 7.47. The van der Waals surface area contributed by atoms with E-state index in [0.717, 1.165) is 128 Å². The number of carbonyl (C=O) groups is 3. The fourth-order valence-electron chi connectivity index (χ4n) is 10.2. The van der Waals surface area contributed by atoms with Crippen LogP contribution in [0.15, 0.2) is 85.1 Å². The monoisotopic (exact) mass is 1380 g/mol. The van der Waals surface area contributed by atoms with Crippen molar-refractivity contribution in [1.82, 2.24) is 0 Å². The number of aliphatic hydroxyl groups is 2. The maximum Gasteiger partial charge on any atom is 0.472 e. The molecule has 0 amide bonds. The number of esters is 3. The molecule has 5 unspecified atom stereocenters. The topological polar surface area (TPSA) is 231 Å². The number of hydrogen-bond acceptors (Lipinski definition) is 14. The summed E-state index contributed by atoms with van der Waals surface area (Å²) in [5.41, 5.74) is 0. The van der Waals surface area contributed by atoms with Crippen LogP contribution in [-0.2, 0) is 55.8 Å². The molecule has 18 heteroatoms.